The zero-order valence-electron chi connectivity index (χ0n) is 9.75. The summed E-state index contributed by atoms with van der Waals surface area (Å²) >= 11 is 0. The quantitative estimate of drug-likeness (QED) is 0.771. The highest BCUT2D eigenvalue weighted by Crippen LogP contribution is 2.10. The Balaban J connectivity index is 1.92. The Labute approximate surface area is 105 Å². The monoisotopic (exact) mass is 244 g/mol. The van der Waals surface area contributed by atoms with Crippen LogP contribution in [0.25, 0.3) is 0 Å². The molecule has 1 atom stereocenters. The van der Waals surface area contributed by atoms with E-state index in [1.54, 1.807) is 42.5 Å². The first kappa shape index (κ1) is 12.3. The van der Waals surface area contributed by atoms with Crippen LogP contribution in [0.3, 0.4) is 0 Å². The second-order valence-corrected chi connectivity index (χ2v) is 3.87. The summed E-state index contributed by atoms with van der Waals surface area (Å²) in [5.41, 5.74) is 1.15. The molecule has 2 aromatic carbocycles. The maximum absolute atomic E-state index is 13.6. The van der Waals surface area contributed by atoms with E-state index >= 15 is 0 Å². The Morgan fingerprint density at radius 2 is 1.56 bits per heavy atom. The van der Waals surface area contributed by atoms with Crippen LogP contribution in [0.5, 0.6) is 0 Å². The summed E-state index contributed by atoms with van der Waals surface area (Å²) in [6, 6.07) is 17.5. The molecule has 0 spiro atoms. The van der Waals surface area contributed by atoms with Gasteiger partial charge in [-0.15, -0.1) is 0 Å². The van der Waals surface area contributed by atoms with Crippen LogP contribution >= 0.6 is 0 Å². The Kier molecular flexibility index (Phi) is 4.07. The largest absolute Gasteiger partial charge is 0.427 e. The molecule has 0 bridgehead atoms. The molecule has 0 saturated carbocycles. The molecular weight excluding hydrogens is 231 g/mol. The van der Waals surface area contributed by atoms with Gasteiger partial charge in [-0.2, -0.15) is 0 Å². The fraction of sp³-hybridized carbons (Fsp3) is 0.133. The molecule has 2 rings (SSSR count). The topological polar surface area (TPSA) is 26.3 Å². The molecule has 0 saturated heterocycles. The molecule has 0 heterocycles. The van der Waals surface area contributed by atoms with Gasteiger partial charge >= 0.3 is 5.97 Å². The summed E-state index contributed by atoms with van der Waals surface area (Å²) < 4.78 is 18.3. The van der Waals surface area contributed by atoms with Gasteiger partial charge in [-0.1, -0.05) is 48.5 Å². The summed E-state index contributed by atoms with van der Waals surface area (Å²) in [6.45, 7) is 0. The first-order valence-electron chi connectivity index (χ1n) is 5.70. The van der Waals surface area contributed by atoms with Gasteiger partial charge < -0.3 is 4.74 Å². The van der Waals surface area contributed by atoms with Crippen molar-refractivity contribution in [3.8, 4) is 0 Å². The van der Waals surface area contributed by atoms with Gasteiger partial charge in [0.15, 0.2) is 0 Å². The number of hydrogen-bond acceptors (Lipinski definition) is 2. The standard InChI is InChI=1S/C15H13FO2/c16-14(11-12-7-3-1-4-8-12)18-15(17)13-9-5-2-6-10-13/h1-10,14H,11H2. The highest BCUT2D eigenvalue weighted by molar-refractivity contribution is 5.89. The average molecular weight is 244 g/mol. The minimum absolute atomic E-state index is 0.0689. The van der Waals surface area contributed by atoms with Crippen LogP contribution in [0.2, 0.25) is 0 Å². The minimum Gasteiger partial charge on any atom is -0.427 e. The molecule has 92 valence electrons. The van der Waals surface area contributed by atoms with Crippen molar-refractivity contribution in [2.24, 2.45) is 0 Å². The van der Waals surface area contributed by atoms with Crippen molar-refractivity contribution in [3.05, 3.63) is 71.8 Å². The van der Waals surface area contributed by atoms with Crippen molar-refractivity contribution >= 4 is 5.97 Å². The first-order valence-corrected chi connectivity index (χ1v) is 5.70. The predicted molar refractivity (Wildman–Crippen MR) is 66.9 cm³/mol. The number of hydrogen-bond donors (Lipinski definition) is 0. The molecule has 0 aliphatic carbocycles. The third kappa shape index (κ3) is 3.42. The van der Waals surface area contributed by atoms with Gasteiger partial charge in [0, 0.05) is 6.42 Å². The van der Waals surface area contributed by atoms with Crippen molar-refractivity contribution in [1.82, 2.24) is 0 Å². The van der Waals surface area contributed by atoms with Gasteiger partial charge in [0.05, 0.1) is 5.56 Å². The SMILES string of the molecule is O=C(OC(F)Cc1ccccc1)c1ccccc1. The van der Waals surface area contributed by atoms with Crippen molar-refractivity contribution in [2.75, 3.05) is 0 Å². The lowest BCUT2D eigenvalue weighted by Gasteiger charge is -2.10. The minimum atomic E-state index is -1.62. The Hall–Kier alpha value is -2.16. The van der Waals surface area contributed by atoms with E-state index in [0.717, 1.165) is 5.56 Å². The molecule has 3 heteroatoms. The van der Waals surface area contributed by atoms with Crippen LogP contribution in [-0.2, 0) is 11.2 Å². The van der Waals surface area contributed by atoms with Crippen LogP contribution in [0.15, 0.2) is 60.7 Å². The van der Waals surface area contributed by atoms with Crippen molar-refractivity contribution in [2.45, 2.75) is 12.8 Å². The molecular formula is C15H13FO2. The average Bonchev–Trinajstić information content (AvgIpc) is 2.40. The molecule has 1 unspecified atom stereocenters. The molecule has 0 amide bonds. The van der Waals surface area contributed by atoms with Gasteiger partial charge in [0.2, 0.25) is 6.36 Å². The fourth-order valence-electron chi connectivity index (χ4n) is 1.60. The van der Waals surface area contributed by atoms with E-state index in [1.807, 2.05) is 18.2 Å². The summed E-state index contributed by atoms with van der Waals surface area (Å²) in [5.74, 6) is -0.640. The zero-order chi connectivity index (χ0) is 12.8. The highest BCUT2D eigenvalue weighted by Gasteiger charge is 2.14. The normalized spacial score (nSPS) is 11.8. The van der Waals surface area contributed by atoms with E-state index in [1.165, 1.54) is 0 Å². The van der Waals surface area contributed by atoms with Gasteiger partial charge in [-0.05, 0) is 17.7 Å². The van der Waals surface area contributed by atoms with Gasteiger partial charge in [0.25, 0.3) is 0 Å². The van der Waals surface area contributed by atoms with E-state index in [2.05, 4.69) is 0 Å². The number of carbonyl (C=O) groups excluding carboxylic acids is 1. The predicted octanol–water partition coefficient (Wildman–Crippen LogP) is 3.38. The molecule has 0 aliphatic rings. The van der Waals surface area contributed by atoms with Crippen LogP contribution in [0.4, 0.5) is 4.39 Å². The molecule has 0 fully saturated rings. The van der Waals surface area contributed by atoms with Crippen LogP contribution in [0, 0.1) is 0 Å². The van der Waals surface area contributed by atoms with Crippen molar-refractivity contribution in [1.29, 1.82) is 0 Å². The van der Waals surface area contributed by atoms with E-state index < -0.39 is 12.3 Å². The van der Waals surface area contributed by atoms with Gasteiger partial charge in [0.1, 0.15) is 0 Å². The zero-order valence-corrected chi connectivity index (χ0v) is 9.75. The van der Waals surface area contributed by atoms with E-state index in [0.29, 0.717) is 5.56 Å². The lowest BCUT2D eigenvalue weighted by atomic mass is 10.1. The number of ether oxygens (including phenoxy) is 1. The molecule has 0 radical (unpaired) electrons. The second-order valence-electron chi connectivity index (χ2n) is 3.87. The van der Waals surface area contributed by atoms with E-state index in [-0.39, 0.29) is 6.42 Å². The third-order valence-electron chi connectivity index (χ3n) is 2.48. The molecule has 0 aliphatic heterocycles. The number of alkyl halides is 1. The number of esters is 1. The van der Waals surface area contributed by atoms with Crippen LogP contribution < -0.4 is 0 Å². The first-order chi connectivity index (χ1) is 8.75. The third-order valence-corrected chi connectivity index (χ3v) is 2.48. The smallest absolute Gasteiger partial charge is 0.340 e. The summed E-state index contributed by atoms with van der Waals surface area (Å²) in [7, 11) is 0. The Morgan fingerprint density at radius 1 is 1.00 bits per heavy atom. The Morgan fingerprint density at radius 3 is 2.17 bits per heavy atom. The maximum Gasteiger partial charge on any atom is 0.340 e. The lowest BCUT2D eigenvalue weighted by Crippen LogP contribution is -2.16. The van der Waals surface area contributed by atoms with Gasteiger partial charge in [-0.25, -0.2) is 9.18 Å². The van der Waals surface area contributed by atoms with Gasteiger partial charge in [-0.3, -0.25) is 0 Å². The van der Waals surface area contributed by atoms with E-state index in [9.17, 15) is 9.18 Å². The highest BCUT2D eigenvalue weighted by atomic mass is 19.1. The summed E-state index contributed by atoms with van der Waals surface area (Å²) in [6.07, 6.45) is -1.56. The summed E-state index contributed by atoms with van der Waals surface area (Å²) in [5, 5.41) is 0. The Bertz CT molecular complexity index is 496. The van der Waals surface area contributed by atoms with Crippen molar-refractivity contribution < 1.29 is 13.9 Å². The molecule has 2 nitrogen and oxygen atoms in total. The molecule has 2 aromatic rings. The molecule has 0 aromatic heterocycles. The summed E-state index contributed by atoms with van der Waals surface area (Å²) in [4.78, 5) is 11.6. The number of benzene rings is 2. The lowest BCUT2D eigenvalue weighted by molar-refractivity contribution is -0.0143. The van der Waals surface area contributed by atoms with Crippen LogP contribution in [-0.4, -0.2) is 12.3 Å². The maximum atomic E-state index is 13.6. The number of halogens is 1. The molecule has 0 N–H and O–H groups in total. The second kappa shape index (κ2) is 5.96. The van der Waals surface area contributed by atoms with E-state index in [4.69, 9.17) is 4.74 Å². The van der Waals surface area contributed by atoms with Crippen molar-refractivity contribution in [3.63, 3.8) is 0 Å². The number of carbonyl (C=O) groups is 1. The number of rotatable bonds is 4. The fourth-order valence-corrected chi connectivity index (χ4v) is 1.60. The van der Waals surface area contributed by atoms with Crippen LogP contribution in [0.1, 0.15) is 15.9 Å². The molecule has 18 heavy (non-hydrogen) atoms.